The maximum absolute atomic E-state index is 12.5. The Hall–Kier alpha value is -1.78. The van der Waals surface area contributed by atoms with Crippen molar-refractivity contribution in [1.29, 1.82) is 0 Å². The summed E-state index contributed by atoms with van der Waals surface area (Å²) in [6, 6.07) is 5.09. The Morgan fingerprint density at radius 3 is 2.74 bits per heavy atom. The number of ether oxygens (including phenoxy) is 1. The average Bonchev–Trinajstić information content (AvgIpc) is 3.06. The molecule has 0 aromatic heterocycles. The first kappa shape index (κ1) is 21.5. The summed E-state index contributed by atoms with van der Waals surface area (Å²) in [5, 5.41) is 0. The Labute approximate surface area is 158 Å². The summed E-state index contributed by atoms with van der Waals surface area (Å²) >= 11 is 0. The maximum atomic E-state index is 12.5. The first-order chi connectivity index (χ1) is 12.7. The molecule has 7 nitrogen and oxygen atoms in total. The molecular weight excluding hydrogens is 380 g/mol. The fourth-order valence-corrected chi connectivity index (χ4v) is 4.31. The van der Waals surface area contributed by atoms with E-state index in [0.29, 0.717) is 13.0 Å². The molecule has 152 valence electrons. The van der Waals surface area contributed by atoms with Crippen molar-refractivity contribution in [1.82, 2.24) is 14.5 Å². The summed E-state index contributed by atoms with van der Waals surface area (Å²) in [4.78, 5) is 15.4. The third-order valence-corrected chi connectivity index (χ3v) is 5.86. The number of para-hydroxylation sites is 1. The van der Waals surface area contributed by atoms with Crippen molar-refractivity contribution < 1.29 is 26.7 Å². The van der Waals surface area contributed by atoms with Gasteiger partial charge in [0, 0.05) is 27.2 Å². The lowest BCUT2D eigenvalue weighted by atomic mass is 10.2. The van der Waals surface area contributed by atoms with Gasteiger partial charge in [-0.05, 0) is 37.9 Å². The molecule has 1 aromatic carbocycles. The molecule has 0 saturated carbocycles. The molecule has 2 rings (SSSR count). The number of likely N-dealkylation sites (N-methyl/N-ethyl adjacent to an activating group) is 1. The number of carbonyl (C=O) groups is 1. The molecule has 0 aliphatic carbocycles. The smallest absolute Gasteiger partial charge is 0.387 e. The van der Waals surface area contributed by atoms with E-state index in [1.54, 1.807) is 19.0 Å². The zero-order chi connectivity index (χ0) is 20.0. The number of carbonyl (C=O) groups excluding carboxylic acids is 1. The summed E-state index contributed by atoms with van der Waals surface area (Å²) < 4.78 is 56.4. The van der Waals surface area contributed by atoms with Gasteiger partial charge in [0.1, 0.15) is 10.6 Å². The van der Waals surface area contributed by atoms with Gasteiger partial charge in [-0.1, -0.05) is 12.1 Å². The van der Waals surface area contributed by atoms with Crippen molar-refractivity contribution in [3.05, 3.63) is 24.3 Å². The lowest BCUT2D eigenvalue weighted by Crippen LogP contribution is -2.43. The van der Waals surface area contributed by atoms with Crippen LogP contribution in [-0.2, 0) is 14.8 Å². The second-order valence-electron chi connectivity index (χ2n) is 6.50. The molecule has 0 bridgehead atoms. The van der Waals surface area contributed by atoms with Crippen LogP contribution in [-0.4, -0.2) is 70.5 Å². The molecule has 1 fully saturated rings. The topological polar surface area (TPSA) is 79.0 Å². The standard InChI is InChI=1S/C17H25F2N3O4S/c1-21(2)16(23)13-7-5-11-22(13)12-6-10-20-27(24,25)15-9-4-3-8-14(15)26-17(18)19/h3-4,8-9,13,17,20H,5-7,10-12H2,1-2H3. The Bertz CT molecular complexity index is 743. The van der Waals surface area contributed by atoms with Gasteiger partial charge in [0.2, 0.25) is 15.9 Å². The lowest BCUT2D eigenvalue weighted by Gasteiger charge is -2.26. The average molecular weight is 405 g/mol. The van der Waals surface area contributed by atoms with Crippen LogP contribution in [0.15, 0.2) is 29.2 Å². The first-order valence-electron chi connectivity index (χ1n) is 8.71. The number of sulfonamides is 1. The minimum atomic E-state index is -3.98. The van der Waals surface area contributed by atoms with Crippen molar-refractivity contribution in [2.24, 2.45) is 0 Å². The zero-order valence-electron chi connectivity index (χ0n) is 15.4. The summed E-state index contributed by atoms with van der Waals surface area (Å²) in [6.45, 7) is -1.61. The molecule has 1 atom stereocenters. The van der Waals surface area contributed by atoms with Crippen LogP contribution in [0.2, 0.25) is 0 Å². The minimum absolute atomic E-state index is 0.0474. The molecule has 1 unspecified atom stereocenters. The van der Waals surface area contributed by atoms with Crippen molar-refractivity contribution in [2.45, 2.75) is 36.8 Å². The Morgan fingerprint density at radius 2 is 2.07 bits per heavy atom. The van der Waals surface area contributed by atoms with Crippen molar-refractivity contribution >= 4 is 15.9 Å². The van der Waals surface area contributed by atoms with Gasteiger partial charge in [-0.2, -0.15) is 8.78 Å². The number of amides is 1. The van der Waals surface area contributed by atoms with E-state index < -0.39 is 22.4 Å². The number of benzene rings is 1. The minimum Gasteiger partial charge on any atom is -0.433 e. The second-order valence-corrected chi connectivity index (χ2v) is 8.24. The molecule has 1 aliphatic rings. The predicted octanol–water partition coefficient (Wildman–Crippen LogP) is 1.51. The SMILES string of the molecule is CN(C)C(=O)C1CCCN1CCCNS(=O)(=O)c1ccccc1OC(F)F. The summed E-state index contributed by atoms with van der Waals surface area (Å²) in [7, 11) is -0.549. The van der Waals surface area contributed by atoms with Crippen LogP contribution in [0.5, 0.6) is 5.75 Å². The van der Waals surface area contributed by atoms with Gasteiger partial charge < -0.3 is 9.64 Å². The van der Waals surface area contributed by atoms with E-state index in [0.717, 1.165) is 19.4 Å². The van der Waals surface area contributed by atoms with Crippen molar-refractivity contribution in [3.8, 4) is 5.75 Å². The highest BCUT2D eigenvalue weighted by Gasteiger charge is 2.31. The second kappa shape index (κ2) is 9.43. The summed E-state index contributed by atoms with van der Waals surface area (Å²) in [6.07, 6.45) is 2.21. The number of likely N-dealkylation sites (tertiary alicyclic amines) is 1. The number of rotatable bonds is 9. The van der Waals surface area contributed by atoms with Gasteiger partial charge >= 0.3 is 6.61 Å². The van der Waals surface area contributed by atoms with Crippen LogP contribution in [0.4, 0.5) is 8.78 Å². The third kappa shape index (κ3) is 5.85. The molecule has 1 aromatic rings. The molecule has 1 N–H and O–H groups in total. The molecule has 27 heavy (non-hydrogen) atoms. The molecule has 1 amide bonds. The first-order valence-corrected chi connectivity index (χ1v) is 10.2. The van der Waals surface area contributed by atoms with Gasteiger partial charge in [0.05, 0.1) is 6.04 Å². The molecule has 0 radical (unpaired) electrons. The van der Waals surface area contributed by atoms with Crippen LogP contribution in [0.1, 0.15) is 19.3 Å². The van der Waals surface area contributed by atoms with E-state index in [1.807, 2.05) is 4.90 Å². The van der Waals surface area contributed by atoms with Crippen LogP contribution in [0.25, 0.3) is 0 Å². The largest absolute Gasteiger partial charge is 0.433 e. The van der Waals surface area contributed by atoms with Gasteiger partial charge in [0.25, 0.3) is 0 Å². The van der Waals surface area contributed by atoms with Gasteiger partial charge in [-0.15, -0.1) is 0 Å². The van der Waals surface area contributed by atoms with E-state index >= 15 is 0 Å². The third-order valence-electron chi connectivity index (χ3n) is 4.36. The van der Waals surface area contributed by atoms with Gasteiger partial charge in [0.15, 0.2) is 0 Å². The van der Waals surface area contributed by atoms with Crippen LogP contribution >= 0.6 is 0 Å². The number of halogens is 2. The molecular formula is C17H25F2N3O4S. The maximum Gasteiger partial charge on any atom is 0.387 e. The highest BCUT2D eigenvalue weighted by Crippen LogP contribution is 2.25. The molecule has 1 heterocycles. The van der Waals surface area contributed by atoms with Crippen LogP contribution in [0, 0.1) is 0 Å². The van der Waals surface area contributed by atoms with Crippen molar-refractivity contribution in [2.75, 3.05) is 33.7 Å². The molecule has 1 aliphatic heterocycles. The van der Waals surface area contributed by atoms with Crippen molar-refractivity contribution in [3.63, 3.8) is 0 Å². The highest BCUT2D eigenvalue weighted by atomic mass is 32.2. The van der Waals surface area contributed by atoms with Crippen LogP contribution in [0.3, 0.4) is 0 Å². The van der Waals surface area contributed by atoms with E-state index in [2.05, 4.69) is 9.46 Å². The fraction of sp³-hybridized carbons (Fsp3) is 0.588. The lowest BCUT2D eigenvalue weighted by molar-refractivity contribution is -0.133. The highest BCUT2D eigenvalue weighted by molar-refractivity contribution is 7.89. The van der Waals surface area contributed by atoms with E-state index in [1.165, 1.54) is 24.3 Å². The van der Waals surface area contributed by atoms with E-state index in [4.69, 9.17) is 0 Å². The Balaban J connectivity index is 1.90. The quantitative estimate of drug-likeness (QED) is 0.630. The van der Waals surface area contributed by atoms with E-state index in [-0.39, 0.29) is 23.4 Å². The normalized spacial score (nSPS) is 18.0. The predicted molar refractivity (Wildman–Crippen MR) is 96.2 cm³/mol. The number of nitrogens with one attached hydrogen (secondary N) is 1. The summed E-state index contributed by atoms with van der Waals surface area (Å²) in [5.41, 5.74) is 0. The molecule has 1 saturated heterocycles. The van der Waals surface area contributed by atoms with Gasteiger partial charge in [-0.25, -0.2) is 13.1 Å². The number of alkyl halides is 2. The Kier molecular flexibility index (Phi) is 7.51. The number of nitrogens with zero attached hydrogens (tertiary/aromatic N) is 2. The number of hydrogen-bond donors (Lipinski definition) is 1. The fourth-order valence-electron chi connectivity index (χ4n) is 3.10. The summed E-state index contributed by atoms with van der Waals surface area (Å²) in [5.74, 6) is -0.345. The zero-order valence-corrected chi connectivity index (χ0v) is 16.2. The van der Waals surface area contributed by atoms with E-state index in [9.17, 15) is 22.0 Å². The monoisotopic (exact) mass is 405 g/mol. The molecule has 0 spiro atoms. The number of hydrogen-bond acceptors (Lipinski definition) is 5. The van der Waals surface area contributed by atoms with Gasteiger partial charge in [-0.3, -0.25) is 9.69 Å². The molecule has 10 heteroatoms. The van der Waals surface area contributed by atoms with Crippen LogP contribution < -0.4 is 9.46 Å². The Morgan fingerprint density at radius 1 is 1.37 bits per heavy atom.